The van der Waals surface area contributed by atoms with E-state index in [9.17, 15) is 18.8 Å². The number of aliphatic imine (C=N–C) groups is 1. The molecule has 2 aromatic heterocycles. The highest BCUT2D eigenvalue weighted by atomic mass is 19.1. The molecule has 2 aromatic carbocycles. The molecule has 12 heteroatoms. The molecule has 228 valence electrons. The van der Waals surface area contributed by atoms with E-state index in [4.69, 9.17) is 0 Å². The Labute approximate surface area is 254 Å². The van der Waals surface area contributed by atoms with Gasteiger partial charge < -0.3 is 16.0 Å². The minimum Gasteiger partial charge on any atom is -0.355 e. The van der Waals surface area contributed by atoms with Crippen LogP contribution in [0.4, 0.5) is 10.2 Å². The Morgan fingerprint density at radius 1 is 1.09 bits per heavy atom. The van der Waals surface area contributed by atoms with Crippen LogP contribution in [0.25, 0.3) is 22.2 Å². The SMILES string of the molecule is CNC(=O)c1ccc(C)c(-c2cnc(NC(=O)[C@H](C)NC)c(=O)n2CC2=CC=NC(C)N2n2cc(C)c3cc(F)ccc32)c1. The Morgan fingerprint density at radius 2 is 1.86 bits per heavy atom. The number of rotatable bonds is 8. The highest BCUT2D eigenvalue weighted by Gasteiger charge is 2.26. The Bertz CT molecular complexity index is 1890. The van der Waals surface area contributed by atoms with Gasteiger partial charge in [0.25, 0.3) is 11.5 Å². The van der Waals surface area contributed by atoms with Crippen molar-refractivity contribution < 1.29 is 14.0 Å². The van der Waals surface area contributed by atoms with Crippen LogP contribution in [-0.4, -0.2) is 58.6 Å². The molecule has 0 saturated carbocycles. The minimum absolute atomic E-state index is 0.0705. The number of aromatic nitrogens is 3. The number of halogens is 1. The first-order chi connectivity index (χ1) is 21.0. The number of likely N-dealkylation sites (N-methyl/N-ethyl adjacent to an activating group) is 1. The lowest BCUT2D eigenvalue weighted by Gasteiger charge is -2.35. The first-order valence-corrected chi connectivity index (χ1v) is 14.2. The summed E-state index contributed by atoms with van der Waals surface area (Å²) in [6, 6.07) is 9.32. The molecule has 0 aliphatic carbocycles. The van der Waals surface area contributed by atoms with Gasteiger partial charge in [-0.1, -0.05) is 6.07 Å². The molecule has 0 saturated heterocycles. The second-order valence-electron chi connectivity index (χ2n) is 10.7. The maximum Gasteiger partial charge on any atom is 0.294 e. The van der Waals surface area contributed by atoms with Crippen molar-refractivity contribution >= 4 is 34.7 Å². The van der Waals surface area contributed by atoms with Crippen molar-refractivity contribution in [3.05, 3.63) is 93.4 Å². The summed E-state index contributed by atoms with van der Waals surface area (Å²) in [6.45, 7) is 7.47. The molecule has 2 amide bonds. The Balaban J connectivity index is 1.67. The number of allylic oxidation sites excluding steroid dienone is 2. The molecule has 1 unspecified atom stereocenters. The normalized spacial score (nSPS) is 15.3. The van der Waals surface area contributed by atoms with Crippen LogP contribution in [0.2, 0.25) is 0 Å². The number of fused-ring (bicyclic) bond motifs is 1. The molecule has 0 fully saturated rings. The fraction of sp³-hybridized carbons (Fsp3) is 0.281. The van der Waals surface area contributed by atoms with Gasteiger partial charge in [0.2, 0.25) is 5.91 Å². The maximum absolute atomic E-state index is 14.1. The zero-order valence-electron chi connectivity index (χ0n) is 25.5. The molecular formula is C32H35FN8O3. The van der Waals surface area contributed by atoms with E-state index in [0.717, 1.165) is 22.0 Å². The lowest BCUT2D eigenvalue weighted by atomic mass is 10.0. The van der Waals surface area contributed by atoms with E-state index in [-0.39, 0.29) is 30.3 Å². The van der Waals surface area contributed by atoms with E-state index in [1.165, 1.54) is 22.9 Å². The van der Waals surface area contributed by atoms with Gasteiger partial charge in [-0.25, -0.2) is 9.37 Å². The molecule has 0 radical (unpaired) electrons. The van der Waals surface area contributed by atoms with Gasteiger partial charge >= 0.3 is 0 Å². The third kappa shape index (κ3) is 5.63. The lowest BCUT2D eigenvalue weighted by Crippen LogP contribution is -2.44. The first kappa shape index (κ1) is 30.4. The topological polar surface area (TPSA) is 126 Å². The summed E-state index contributed by atoms with van der Waals surface area (Å²) in [6.07, 6.45) is 6.59. The molecule has 5 rings (SSSR count). The summed E-state index contributed by atoms with van der Waals surface area (Å²) in [7, 11) is 3.20. The molecular weight excluding hydrogens is 563 g/mol. The molecule has 1 aliphatic rings. The molecule has 44 heavy (non-hydrogen) atoms. The molecule has 11 nitrogen and oxygen atoms in total. The summed E-state index contributed by atoms with van der Waals surface area (Å²) >= 11 is 0. The second-order valence-corrected chi connectivity index (χ2v) is 10.7. The average molecular weight is 599 g/mol. The van der Waals surface area contributed by atoms with E-state index in [1.807, 2.05) is 48.8 Å². The van der Waals surface area contributed by atoms with Crippen molar-refractivity contribution in [3.63, 3.8) is 0 Å². The lowest BCUT2D eigenvalue weighted by molar-refractivity contribution is -0.117. The van der Waals surface area contributed by atoms with Crippen LogP contribution in [0.1, 0.15) is 35.3 Å². The number of amides is 2. The zero-order chi connectivity index (χ0) is 31.7. The highest BCUT2D eigenvalue weighted by molar-refractivity contribution is 5.96. The summed E-state index contributed by atoms with van der Waals surface area (Å²) in [5.41, 5.74) is 4.21. The van der Waals surface area contributed by atoms with Crippen molar-refractivity contribution in [3.8, 4) is 11.3 Å². The van der Waals surface area contributed by atoms with Gasteiger partial charge in [0.1, 0.15) is 12.0 Å². The molecule has 2 atom stereocenters. The minimum atomic E-state index is -0.556. The summed E-state index contributed by atoms with van der Waals surface area (Å²) < 4.78 is 17.6. The number of nitrogens with zero attached hydrogens (tertiary/aromatic N) is 5. The molecule has 4 aromatic rings. The van der Waals surface area contributed by atoms with Gasteiger partial charge in [0.05, 0.1) is 35.7 Å². The van der Waals surface area contributed by atoms with Gasteiger partial charge in [-0.2, -0.15) is 0 Å². The molecule has 0 spiro atoms. The number of carbonyl (C=O) groups is 2. The quantitative estimate of drug-likeness (QED) is 0.285. The van der Waals surface area contributed by atoms with Crippen LogP contribution in [0, 0.1) is 19.7 Å². The zero-order valence-corrected chi connectivity index (χ0v) is 25.5. The third-order valence-electron chi connectivity index (χ3n) is 7.84. The maximum atomic E-state index is 14.1. The van der Waals surface area contributed by atoms with Crippen LogP contribution in [-0.2, 0) is 11.3 Å². The smallest absolute Gasteiger partial charge is 0.294 e. The van der Waals surface area contributed by atoms with Crippen molar-refractivity contribution in [2.24, 2.45) is 4.99 Å². The van der Waals surface area contributed by atoms with Gasteiger partial charge in [0, 0.05) is 36.0 Å². The number of benzene rings is 2. The number of hydrogen-bond acceptors (Lipinski definition) is 7. The summed E-state index contributed by atoms with van der Waals surface area (Å²) in [5.74, 6) is -1.13. The van der Waals surface area contributed by atoms with Crippen LogP contribution in [0.3, 0.4) is 0 Å². The predicted octanol–water partition coefficient (Wildman–Crippen LogP) is 3.48. The molecule has 1 aliphatic heterocycles. The number of carbonyl (C=O) groups excluding carboxylic acids is 2. The Hall–Kier alpha value is -5.10. The van der Waals surface area contributed by atoms with E-state index < -0.39 is 17.5 Å². The molecule has 3 heterocycles. The number of anilines is 1. The number of hydrogen-bond donors (Lipinski definition) is 3. The van der Waals surface area contributed by atoms with Crippen LogP contribution < -0.4 is 26.5 Å². The van der Waals surface area contributed by atoms with Crippen molar-refractivity contribution in [2.45, 2.75) is 46.4 Å². The van der Waals surface area contributed by atoms with Crippen molar-refractivity contribution in [1.29, 1.82) is 0 Å². The number of aryl methyl sites for hydroxylation is 2. The van der Waals surface area contributed by atoms with Crippen LogP contribution in [0.5, 0.6) is 0 Å². The summed E-state index contributed by atoms with van der Waals surface area (Å²) in [4.78, 5) is 48.3. The van der Waals surface area contributed by atoms with Gasteiger partial charge in [0.15, 0.2) is 5.82 Å². The fourth-order valence-corrected chi connectivity index (χ4v) is 5.25. The Kier molecular flexibility index (Phi) is 8.45. The second kappa shape index (κ2) is 12.3. The van der Waals surface area contributed by atoms with E-state index in [0.29, 0.717) is 22.5 Å². The predicted molar refractivity (Wildman–Crippen MR) is 170 cm³/mol. The van der Waals surface area contributed by atoms with E-state index in [2.05, 4.69) is 25.9 Å². The van der Waals surface area contributed by atoms with E-state index in [1.54, 1.807) is 45.4 Å². The standard InChI is InChI=1S/C32H35FN8O3/c1-18-7-8-22(31(43)35-6)13-25(18)28-15-37-29(38-30(42)20(3)34-5)32(44)39(28)17-24-11-12-36-21(4)41(24)40-16-19(2)26-14-23(33)9-10-27(26)40/h7-16,20-21,34H,17H2,1-6H3,(H,35,43)(H,37,38,42)/t20-,21?/m0/s1. The third-order valence-corrected chi connectivity index (χ3v) is 7.84. The van der Waals surface area contributed by atoms with Gasteiger partial charge in [-0.3, -0.25) is 33.6 Å². The summed E-state index contributed by atoms with van der Waals surface area (Å²) in [5, 5.41) is 10.8. The van der Waals surface area contributed by atoms with Gasteiger partial charge in [-0.05, 0) is 82.3 Å². The van der Waals surface area contributed by atoms with Crippen molar-refractivity contribution in [1.82, 2.24) is 24.9 Å². The monoisotopic (exact) mass is 598 g/mol. The van der Waals surface area contributed by atoms with Crippen LogP contribution in [0.15, 0.2) is 70.4 Å². The Morgan fingerprint density at radius 3 is 2.59 bits per heavy atom. The largest absolute Gasteiger partial charge is 0.355 e. The van der Waals surface area contributed by atoms with E-state index >= 15 is 0 Å². The molecule has 0 bridgehead atoms. The number of nitrogens with one attached hydrogen (secondary N) is 3. The fourth-order valence-electron chi connectivity index (χ4n) is 5.25. The molecule has 3 N–H and O–H groups in total. The van der Waals surface area contributed by atoms with Crippen LogP contribution >= 0.6 is 0 Å². The van der Waals surface area contributed by atoms with Gasteiger partial charge in [-0.15, -0.1) is 0 Å². The first-order valence-electron chi connectivity index (χ1n) is 14.2. The highest BCUT2D eigenvalue weighted by Crippen LogP contribution is 2.28. The average Bonchev–Trinajstić information content (AvgIpc) is 3.33. The van der Waals surface area contributed by atoms with Crippen molar-refractivity contribution in [2.75, 3.05) is 24.4 Å².